The number of hydrogen-bond donors (Lipinski definition) is 0. The van der Waals surface area contributed by atoms with Gasteiger partial charge in [-0.05, 0) is 42.5 Å². The Balaban J connectivity index is 1.92. The maximum absolute atomic E-state index is 12.5. The second-order valence-corrected chi connectivity index (χ2v) is 5.93. The SMILES string of the molecule is COc1ccc(C(=O)O/N=C(/c2ccncc2)c2ccc([N+](=O)[O-])cc2)cc1OC. The number of non-ortho nitro benzene ring substituents is 1. The first-order chi connectivity index (χ1) is 14.5. The molecule has 9 heteroatoms. The van der Waals surface area contributed by atoms with Crippen LogP contribution in [0.3, 0.4) is 0 Å². The zero-order chi connectivity index (χ0) is 21.5. The number of nitro groups is 1. The molecule has 2 aromatic carbocycles. The molecule has 3 rings (SSSR count). The van der Waals surface area contributed by atoms with Crippen LogP contribution in [-0.4, -0.2) is 35.8 Å². The third-order valence-corrected chi connectivity index (χ3v) is 4.14. The van der Waals surface area contributed by atoms with E-state index in [-0.39, 0.29) is 11.3 Å². The highest BCUT2D eigenvalue weighted by Gasteiger charge is 2.15. The van der Waals surface area contributed by atoms with E-state index in [1.807, 2.05) is 0 Å². The molecule has 0 atom stereocenters. The van der Waals surface area contributed by atoms with Gasteiger partial charge in [-0.25, -0.2) is 4.79 Å². The smallest absolute Gasteiger partial charge is 0.365 e. The van der Waals surface area contributed by atoms with Gasteiger partial charge in [-0.2, -0.15) is 0 Å². The molecule has 0 N–H and O–H groups in total. The number of aromatic nitrogens is 1. The molecule has 0 aliphatic carbocycles. The van der Waals surface area contributed by atoms with E-state index in [2.05, 4.69) is 10.1 Å². The van der Waals surface area contributed by atoms with Crippen molar-refractivity contribution < 1.29 is 24.0 Å². The van der Waals surface area contributed by atoms with Crippen molar-refractivity contribution in [3.63, 3.8) is 0 Å². The summed E-state index contributed by atoms with van der Waals surface area (Å²) in [5, 5.41) is 14.9. The standard InChI is InChI=1S/C21H17N3O6/c1-28-18-8-5-16(13-19(18)29-2)21(25)30-23-20(15-9-11-22-12-10-15)14-3-6-17(7-4-14)24(26)27/h3-13H,1-2H3/b23-20+. The molecule has 152 valence electrons. The van der Waals surface area contributed by atoms with Gasteiger partial charge in [-0.1, -0.05) is 5.16 Å². The highest BCUT2D eigenvalue weighted by Crippen LogP contribution is 2.28. The zero-order valence-electron chi connectivity index (χ0n) is 16.1. The minimum absolute atomic E-state index is 0.0600. The number of methoxy groups -OCH3 is 2. The third kappa shape index (κ3) is 4.58. The second-order valence-electron chi connectivity index (χ2n) is 5.93. The van der Waals surface area contributed by atoms with Crippen LogP contribution >= 0.6 is 0 Å². The van der Waals surface area contributed by atoms with Crippen LogP contribution in [0.15, 0.2) is 72.1 Å². The van der Waals surface area contributed by atoms with Crippen molar-refractivity contribution in [2.24, 2.45) is 5.16 Å². The molecule has 0 bridgehead atoms. The van der Waals surface area contributed by atoms with Crippen LogP contribution < -0.4 is 9.47 Å². The average molecular weight is 407 g/mol. The molecule has 0 aliphatic rings. The molecule has 0 fully saturated rings. The lowest BCUT2D eigenvalue weighted by atomic mass is 10.0. The van der Waals surface area contributed by atoms with Crippen LogP contribution in [0.5, 0.6) is 11.5 Å². The first-order valence-electron chi connectivity index (χ1n) is 8.70. The van der Waals surface area contributed by atoms with Gasteiger partial charge in [0.2, 0.25) is 0 Å². The number of rotatable bonds is 7. The minimum atomic E-state index is -0.704. The number of carbonyl (C=O) groups excluding carboxylic acids is 1. The van der Waals surface area contributed by atoms with Gasteiger partial charge in [-0.15, -0.1) is 0 Å². The van der Waals surface area contributed by atoms with Gasteiger partial charge in [0.05, 0.1) is 24.7 Å². The zero-order valence-corrected chi connectivity index (χ0v) is 16.1. The van der Waals surface area contributed by atoms with Crippen molar-refractivity contribution in [3.05, 3.63) is 93.8 Å². The minimum Gasteiger partial charge on any atom is -0.493 e. The summed E-state index contributed by atoms with van der Waals surface area (Å²) in [6, 6.07) is 13.7. The summed E-state index contributed by atoms with van der Waals surface area (Å²) in [7, 11) is 2.95. The molecule has 0 unspecified atom stereocenters. The topological polar surface area (TPSA) is 113 Å². The van der Waals surface area contributed by atoms with Gasteiger partial charge in [0.15, 0.2) is 11.5 Å². The molecule has 1 heterocycles. The quantitative estimate of drug-likeness (QED) is 0.254. The average Bonchev–Trinajstić information content (AvgIpc) is 2.79. The highest BCUT2D eigenvalue weighted by atomic mass is 16.7. The summed E-state index contributed by atoms with van der Waals surface area (Å²) in [6.07, 6.45) is 3.12. The number of nitrogens with zero attached hydrogens (tertiary/aromatic N) is 3. The monoisotopic (exact) mass is 407 g/mol. The summed E-state index contributed by atoms with van der Waals surface area (Å²) in [4.78, 5) is 32.0. The molecule has 0 saturated carbocycles. The maximum Gasteiger partial charge on any atom is 0.365 e. The number of benzene rings is 2. The number of ether oxygens (including phenoxy) is 2. The molecule has 0 amide bonds. The fraction of sp³-hybridized carbons (Fsp3) is 0.0952. The first kappa shape index (κ1) is 20.5. The van der Waals surface area contributed by atoms with Crippen LogP contribution in [0.25, 0.3) is 0 Å². The predicted molar refractivity (Wildman–Crippen MR) is 108 cm³/mol. The molecule has 9 nitrogen and oxygen atoms in total. The number of hydrogen-bond acceptors (Lipinski definition) is 8. The molecule has 30 heavy (non-hydrogen) atoms. The summed E-state index contributed by atoms with van der Waals surface area (Å²) in [6.45, 7) is 0. The normalized spacial score (nSPS) is 10.9. The molecule has 0 radical (unpaired) electrons. The third-order valence-electron chi connectivity index (χ3n) is 4.14. The van der Waals surface area contributed by atoms with Gasteiger partial charge in [0.25, 0.3) is 5.69 Å². The van der Waals surface area contributed by atoms with Crippen molar-refractivity contribution in [1.29, 1.82) is 0 Å². The van der Waals surface area contributed by atoms with Crippen LogP contribution in [0.2, 0.25) is 0 Å². The Hall–Kier alpha value is -4.27. The molecule has 1 aromatic heterocycles. The van der Waals surface area contributed by atoms with Gasteiger partial charge in [0.1, 0.15) is 5.71 Å². The van der Waals surface area contributed by atoms with Gasteiger partial charge < -0.3 is 14.3 Å². The molecule has 0 saturated heterocycles. The molecular formula is C21H17N3O6. The van der Waals surface area contributed by atoms with Crippen LogP contribution in [0, 0.1) is 10.1 Å². The summed E-state index contributed by atoms with van der Waals surface area (Å²) >= 11 is 0. The summed E-state index contributed by atoms with van der Waals surface area (Å²) in [5.74, 6) is 0.144. The number of carbonyl (C=O) groups is 1. The van der Waals surface area contributed by atoms with E-state index in [1.165, 1.54) is 50.6 Å². The van der Waals surface area contributed by atoms with E-state index in [1.54, 1.807) is 30.6 Å². The summed E-state index contributed by atoms with van der Waals surface area (Å²) < 4.78 is 10.3. The van der Waals surface area contributed by atoms with Crippen molar-refractivity contribution >= 4 is 17.4 Å². The van der Waals surface area contributed by atoms with E-state index >= 15 is 0 Å². The number of oxime groups is 1. The molecular weight excluding hydrogens is 390 g/mol. The molecule has 0 spiro atoms. The number of pyridine rings is 1. The Labute approximate surface area is 171 Å². The lowest BCUT2D eigenvalue weighted by molar-refractivity contribution is -0.384. The van der Waals surface area contributed by atoms with Crippen LogP contribution in [0.1, 0.15) is 21.5 Å². The van der Waals surface area contributed by atoms with Crippen LogP contribution in [-0.2, 0) is 4.84 Å². The van der Waals surface area contributed by atoms with E-state index in [0.717, 1.165) is 0 Å². The molecule has 3 aromatic rings. The lowest BCUT2D eigenvalue weighted by Gasteiger charge is -2.09. The lowest BCUT2D eigenvalue weighted by Crippen LogP contribution is -2.08. The van der Waals surface area contributed by atoms with E-state index in [4.69, 9.17) is 14.3 Å². The maximum atomic E-state index is 12.5. The highest BCUT2D eigenvalue weighted by molar-refractivity contribution is 6.13. The fourth-order valence-electron chi connectivity index (χ4n) is 2.63. The van der Waals surface area contributed by atoms with E-state index in [9.17, 15) is 14.9 Å². The summed E-state index contributed by atoms with van der Waals surface area (Å²) in [5.41, 5.74) is 1.64. The number of nitro benzene ring substituents is 1. The van der Waals surface area contributed by atoms with Crippen LogP contribution in [0.4, 0.5) is 5.69 Å². The Bertz CT molecular complexity index is 1080. The Morgan fingerprint density at radius 2 is 1.50 bits per heavy atom. The fourth-order valence-corrected chi connectivity index (χ4v) is 2.63. The van der Waals surface area contributed by atoms with Crippen molar-refractivity contribution in [2.45, 2.75) is 0 Å². The van der Waals surface area contributed by atoms with Crippen molar-refractivity contribution in [2.75, 3.05) is 14.2 Å². The van der Waals surface area contributed by atoms with Gasteiger partial charge in [-0.3, -0.25) is 15.1 Å². The second kappa shape index (κ2) is 9.28. The molecule has 0 aliphatic heterocycles. The Kier molecular flexibility index (Phi) is 6.33. The van der Waals surface area contributed by atoms with E-state index in [0.29, 0.717) is 28.3 Å². The predicted octanol–water partition coefficient (Wildman–Crippen LogP) is 3.62. The largest absolute Gasteiger partial charge is 0.493 e. The Morgan fingerprint density at radius 1 is 0.900 bits per heavy atom. The van der Waals surface area contributed by atoms with Gasteiger partial charge in [0, 0.05) is 35.7 Å². The van der Waals surface area contributed by atoms with Gasteiger partial charge >= 0.3 is 5.97 Å². The van der Waals surface area contributed by atoms with Crippen molar-refractivity contribution in [3.8, 4) is 11.5 Å². The van der Waals surface area contributed by atoms with Crippen molar-refractivity contribution in [1.82, 2.24) is 4.98 Å². The van der Waals surface area contributed by atoms with E-state index < -0.39 is 10.9 Å². The first-order valence-corrected chi connectivity index (χ1v) is 8.70. The Morgan fingerprint density at radius 3 is 2.10 bits per heavy atom.